The van der Waals surface area contributed by atoms with E-state index in [1.54, 1.807) is 11.7 Å². The lowest BCUT2D eigenvalue weighted by molar-refractivity contribution is 0.102. The molecule has 0 amide bonds. The lowest BCUT2D eigenvalue weighted by Gasteiger charge is -2.10. The van der Waals surface area contributed by atoms with Crippen molar-refractivity contribution in [3.63, 3.8) is 0 Å². The van der Waals surface area contributed by atoms with Gasteiger partial charge in [-0.15, -0.1) is 5.10 Å². The average Bonchev–Trinajstić information content (AvgIpc) is 3.35. The highest BCUT2D eigenvalue weighted by atomic mass is 32.2. The molecule has 1 aromatic carbocycles. The number of carbonyl (C=O) groups is 1. The number of rotatable bonds is 6. The molecule has 8 nitrogen and oxygen atoms in total. The van der Waals surface area contributed by atoms with Crippen molar-refractivity contribution in [1.82, 2.24) is 24.8 Å². The maximum atomic E-state index is 12.7. The topological polar surface area (TPSA) is 84.1 Å². The second-order valence-electron chi connectivity index (χ2n) is 6.36. The van der Waals surface area contributed by atoms with E-state index in [9.17, 15) is 4.79 Å². The maximum absolute atomic E-state index is 12.7. The van der Waals surface area contributed by atoms with E-state index in [4.69, 9.17) is 9.47 Å². The first-order valence-electron chi connectivity index (χ1n) is 8.46. The van der Waals surface area contributed by atoms with Crippen molar-refractivity contribution in [3.8, 4) is 11.5 Å². The molecular formula is C18H19N5O3S. The van der Waals surface area contributed by atoms with Gasteiger partial charge in [0.25, 0.3) is 0 Å². The van der Waals surface area contributed by atoms with Crippen LogP contribution in [0.4, 0.5) is 0 Å². The van der Waals surface area contributed by atoms with Crippen LogP contribution in [0.5, 0.6) is 11.5 Å². The van der Waals surface area contributed by atoms with E-state index < -0.39 is 0 Å². The number of benzene rings is 1. The van der Waals surface area contributed by atoms with Gasteiger partial charge in [-0.2, -0.15) is 0 Å². The van der Waals surface area contributed by atoms with Gasteiger partial charge in [0.05, 0.1) is 5.75 Å². The number of ether oxygens (including phenoxy) is 2. The molecule has 2 aromatic heterocycles. The van der Waals surface area contributed by atoms with Crippen molar-refractivity contribution in [3.05, 3.63) is 46.8 Å². The Kier molecular flexibility index (Phi) is 4.61. The number of hydrogen-bond donors (Lipinski definition) is 0. The fourth-order valence-corrected chi connectivity index (χ4v) is 3.83. The van der Waals surface area contributed by atoms with Crippen LogP contribution >= 0.6 is 11.8 Å². The molecule has 0 unspecified atom stereocenters. The first-order valence-corrected chi connectivity index (χ1v) is 9.45. The number of aromatic nitrogens is 5. The predicted molar refractivity (Wildman–Crippen MR) is 99.4 cm³/mol. The van der Waals surface area contributed by atoms with Crippen LogP contribution in [-0.4, -0.2) is 43.1 Å². The highest BCUT2D eigenvalue weighted by Gasteiger charge is 2.18. The summed E-state index contributed by atoms with van der Waals surface area (Å²) in [6.45, 7) is 4.91. The molecular weight excluding hydrogens is 366 g/mol. The number of aryl methyl sites for hydroxylation is 2. The predicted octanol–water partition coefficient (Wildman–Crippen LogP) is 2.38. The van der Waals surface area contributed by atoms with E-state index in [1.807, 2.05) is 38.1 Å². The summed E-state index contributed by atoms with van der Waals surface area (Å²) in [4.78, 5) is 12.7. The highest BCUT2D eigenvalue weighted by Crippen LogP contribution is 2.33. The number of fused-ring (bicyclic) bond motifs is 1. The SMILES string of the molecule is Cc1cc(C(=O)CSc2nnnn2C)c(C)n1Cc1ccc2c(c1)OCO2. The molecule has 9 heteroatoms. The van der Waals surface area contributed by atoms with Crippen molar-refractivity contribution in [2.75, 3.05) is 12.5 Å². The lowest BCUT2D eigenvalue weighted by atomic mass is 10.1. The number of tetrazole rings is 1. The molecule has 3 aromatic rings. The van der Waals surface area contributed by atoms with Gasteiger partial charge in [0, 0.05) is 30.5 Å². The van der Waals surface area contributed by atoms with Gasteiger partial charge in [-0.1, -0.05) is 17.8 Å². The Bertz CT molecular complexity index is 1010. The summed E-state index contributed by atoms with van der Waals surface area (Å²) in [7, 11) is 1.75. The van der Waals surface area contributed by atoms with Crippen molar-refractivity contribution < 1.29 is 14.3 Å². The molecule has 3 heterocycles. The number of ketones is 1. The highest BCUT2D eigenvalue weighted by molar-refractivity contribution is 7.99. The van der Waals surface area contributed by atoms with Crippen LogP contribution < -0.4 is 9.47 Å². The minimum Gasteiger partial charge on any atom is -0.454 e. The van der Waals surface area contributed by atoms with Gasteiger partial charge in [0.2, 0.25) is 11.9 Å². The molecule has 0 saturated carbocycles. The van der Waals surface area contributed by atoms with Crippen molar-refractivity contribution in [1.29, 1.82) is 0 Å². The summed E-state index contributed by atoms with van der Waals surface area (Å²) in [5.41, 5.74) is 3.82. The van der Waals surface area contributed by atoms with Gasteiger partial charge in [-0.05, 0) is 48.0 Å². The summed E-state index contributed by atoms with van der Waals surface area (Å²) in [5.74, 6) is 1.89. The Morgan fingerprint density at radius 3 is 2.81 bits per heavy atom. The summed E-state index contributed by atoms with van der Waals surface area (Å²) >= 11 is 1.34. The smallest absolute Gasteiger partial charge is 0.231 e. The average molecular weight is 385 g/mol. The number of carbonyl (C=O) groups excluding carboxylic acids is 1. The van der Waals surface area contributed by atoms with E-state index in [0.29, 0.717) is 17.5 Å². The molecule has 0 bridgehead atoms. The molecule has 0 aliphatic carbocycles. The summed E-state index contributed by atoms with van der Waals surface area (Å²) in [6, 6.07) is 7.87. The second kappa shape index (κ2) is 7.07. The number of hydrogen-bond acceptors (Lipinski definition) is 7. The minimum atomic E-state index is 0.0630. The van der Waals surface area contributed by atoms with Gasteiger partial charge >= 0.3 is 0 Å². The van der Waals surface area contributed by atoms with Crippen molar-refractivity contribution >= 4 is 17.5 Å². The summed E-state index contributed by atoms with van der Waals surface area (Å²) in [6.07, 6.45) is 0. The molecule has 27 heavy (non-hydrogen) atoms. The van der Waals surface area contributed by atoms with E-state index in [2.05, 4.69) is 20.1 Å². The molecule has 1 aliphatic rings. The van der Waals surface area contributed by atoms with Gasteiger partial charge in [-0.3, -0.25) is 4.79 Å². The zero-order chi connectivity index (χ0) is 19.0. The third kappa shape index (κ3) is 3.42. The third-order valence-electron chi connectivity index (χ3n) is 4.57. The molecule has 0 radical (unpaired) electrons. The van der Waals surface area contributed by atoms with E-state index in [1.165, 1.54) is 11.8 Å². The summed E-state index contributed by atoms with van der Waals surface area (Å²) < 4.78 is 14.5. The van der Waals surface area contributed by atoms with Gasteiger partial charge in [-0.25, -0.2) is 4.68 Å². The lowest BCUT2D eigenvalue weighted by Crippen LogP contribution is -2.08. The monoisotopic (exact) mass is 385 g/mol. The molecule has 0 fully saturated rings. The zero-order valence-electron chi connectivity index (χ0n) is 15.3. The van der Waals surface area contributed by atoms with Crippen LogP contribution in [0.1, 0.15) is 27.3 Å². The molecule has 4 rings (SSSR count). The molecule has 140 valence electrons. The molecule has 1 aliphatic heterocycles. The van der Waals surface area contributed by atoms with Crippen LogP contribution in [-0.2, 0) is 13.6 Å². The number of thioether (sulfide) groups is 1. The van der Waals surface area contributed by atoms with Crippen molar-refractivity contribution in [2.45, 2.75) is 25.5 Å². The first-order chi connectivity index (χ1) is 13.0. The van der Waals surface area contributed by atoms with Crippen LogP contribution in [0.3, 0.4) is 0 Å². The van der Waals surface area contributed by atoms with Crippen LogP contribution in [0.25, 0.3) is 0 Å². The van der Waals surface area contributed by atoms with E-state index >= 15 is 0 Å². The first kappa shape index (κ1) is 17.6. The third-order valence-corrected chi connectivity index (χ3v) is 5.58. The maximum Gasteiger partial charge on any atom is 0.231 e. The van der Waals surface area contributed by atoms with Gasteiger partial charge in [0.15, 0.2) is 17.3 Å². The van der Waals surface area contributed by atoms with Gasteiger partial charge < -0.3 is 14.0 Å². The Morgan fingerprint density at radius 1 is 1.22 bits per heavy atom. The number of nitrogens with zero attached hydrogens (tertiary/aromatic N) is 5. The Labute approximate surface area is 160 Å². The fourth-order valence-electron chi connectivity index (χ4n) is 3.10. The Balaban J connectivity index is 1.51. The largest absolute Gasteiger partial charge is 0.454 e. The molecule has 0 saturated heterocycles. The molecule has 0 spiro atoms. The zero-order valence-corrected chi connectivity index (χ0v) is 16.1. The Morgan fingerprint density at radius 2 is 2.04 bits per heavy atom. The van der Waals surface area contributed by atoms with Crippen LogP contribution in [0.2, 0.25) is 0 Å². The molecule has 0 N–H and O–H groups in total. The normalized spacial score (nSPS) is 12.6. The van der Waals surface area contributed by atoms with Gasteiger partial charge in [0.1, 0.15) is 0 Å². The summed E-state index contributed by atoms with van der Waals surface area (Å²) in [5, 5.41) is 11.9. The van der Waals surface area contributed by atoms with Crippen molar-refractivity contribution in [2.24, 2.45) is 7.05 Å². The quantitative estimate of drug-likeness (QED) is 0.476. The Hall–Kier alpha value is -2.81. The fraction of sp³-hybridized carbons (Fsp3) is 0.333. The van der Waals surface area contributed by atoms with Crippen LogP contribution in [0, 0.1) is 13.8 Å². The standard InChI is InChI=1S/C18H19N5O3S/c1-11-6-14(15(24)9-27-18-19-20-21-22(18)3)12(2)23(11)8-13-4-5-16-17(7-13)26-10-25-16/h4-7H,8-10H2,1-3H3. The minimum absolute atomic E-state index is 0.0630. The number of Topliss-reactive ketones (excluding diaryl/α,β-unsaturated/α-hetero) is 1. The van der Waals surface area contributed by atoms with E-state index in [0.717, 1.165) is 34.0 Å². The second-order valence-corrected chi connectivity index (χ2v) is 7.30. The van der Waals surface area contributed by atoms with E-state index in [-0.39, 0.29) is 12.6 Å². The van der Waals surface area contributed by atoms with Crippen LogP contribution in [0.15, 0.2) is 29.4 Å². The molecule has 0 atom stereocenters.